The van der Waals surface area contributed by atoms with Crippen LogP contribution in [0.2, 0.25) is 0 Å². The third-order valence-corrected chi connectivity index (χ3v) is 5.66. The second kappa shape index (κ2) is 18.3. The summed E-state index contributed by atoms with van der Waals surface area (Å²) in [4.78, 5) is 0. The molecular formula is C24H46O5. The molecule has 172 valence electrons. The lowest BCUT2D eigenvalue weighted by Gasteiger charge is -2.20. The van der Waals surface area contributed by atoms with E-state index in [0.717, 1.165) is 19.3 Å². The fraction of sp³-hybridized carbons (Fsp3) is 0.917. The van der Waals surface area contributed by atoms with Crippen LogP contribution in [0, 0.1) is 0 Å². The van der Waals surface area contributed by atoms with Gasteiger partial charge in [-0.2, -0.15) is 0 Å². The Morgan fingerprint density at radius 3 is 1.97 bits per heavy atom. The number of aliphatic hydroxyl groups excluding tert-OH is 3. The van der Waals surface area contributed by atoms with E-state index in [-0.39, 0.29) is 13.2 Å². The Hall–Kier alpha value is -0.460. The van der Waals surface area contributed by atoms with Crippen molar-refractivity contribution in [1.29, 1.82) is 0 Å². The van der Waals surface area contributed by atoms with Crippen LogP contribution >= 0.6 is 0 Å². The van der Waals surface area contributed by atoms with Gasteiger partial charge in [0.05, 0.1) is 13.2 Å². The Morgan fingerprint density at radius 1 is 0.862 bits per heavy atom. The molecule has 1 aliphatic heterocycles. The Labute approximate surface area is 178 Å². The summed E-state index contributed by atoms with van der Waals surface area (Å²) >= 11 is 0. The molecule has 1 aliphatic rings. The maximum absolute atomic E-state index is 9.94. The van der Waals surface area contributed by atoms with Gasteiger partial charge in [-0.25, -0.2) is 0 Å². The lowest BCUT2D eigenvalue weighted by molar-refractivity contribution is -0.0811. The van der Waals surface area contributed by atoms with Crippen molar-refractivity contribution in [2.24, 2.45) is 0 Å². The summed E-state index contributed by atoms with van der Waals surface area (Å²) in [6.45, 7) is 3.03. The quantitative estimate of drug-likeness (QED) is 0.214. The number of hydrogen-bond acceptors (Lipinski definition) is 5. The molecule has 1 heterocycles. The maximum atomic E-state index is 9.94. The number of unbranched alkanes of at least 4 members (excludes halogenated alkanes) is 12. The topological polar surface area (TPSA) is 79.2 Å². The minimum atomic E-state index is -1.04. The van der Waals surface area contributed by atoms with Crippen molar-refractivity contribution in [2.45, 2.75) is 121 Å². The van der Waals surface area contributed by atoms with Crippen LogP contribution in [0.5, 0.6) is 0 Å². The van der Waals surface area contributed by atoms with E-state index in [1.54, 1.807) is 0 Å². The molecule has 1 fully saturated rings. The van der Waals surface area contributed by atoms with E-state index < -0.39 is 24.4 Å². The van der Waals surface area contributed by atoms with Gasteiger partial charge in [0, 0.05) is 6.61 Å². The van der Waals surface area contributed by atoms with Crippen LogP contribution in [-0.2, 0) is 9.47 Å². The summed E-state index contributed by atoms with van der Waals surface area (Å²) in [7, 11) is 0. The van der Waals surface area contributed by atoms with Crippen LogP contribution < -0.4 is 0 Å². The molecule has 0 unspecified atom stereocenters. The largest absolute Gasteiger partial charge is 0.388 e. The van der Waals surface area contributed by atoms with Gasteiger partial charge in [0.1, 0.15) is 24.4 Å². The second-order valence-corrected chi connectivity index (χ2v) is 8.44. The van der Waals surface area contributed by atoms with Crippen molar-refractivity contribution >= 4 is 0 Å². The van der Waals surface area contributed by atoms with Crippen molar-refractivity contribution in [3.05, 3.63) is 12.2 Å². The molecule has 3 N–H and O–H groups in total. The first-order valence-electron chi connectivity index (χ1n) is 12.0. The highest BCUT2D eigenvalue weighted by Gasteiger charge is 2.39. The molecule has 1 saturated heterocycles. The Kier molecular flexibility index (Phi) is 16.8. The minimum absolute atomic E-state index is 0.0623. The predicted octanol–water partition coefficient (Wildman–Crippen LogP) is 4.52. The molecule has 0 amide bonds. The van der Waals surface area contributed by atoms with Gasteiger partial charge in [-0.1, -0.05) is 83.3 Å². The van der Waals surface area contributed by atoms with E-state index >= 15 is 0 Å². The first-order chi connectivity index (χ1) is 14.2. The lowest BCUT2D eigenvalue weighted by atomic mass is 10.1. The molecule has 0 bridgehead atoms. The average Bonchev–Trinajstić information content (AvgIpc) is 3.05. The van der Waals surface area contributed by atoms with E-state index in [9.17, 15) is 15.3 Å². The summed E-state index contributed by atoms with van der Waals surface area (Å²) in [5.41, 5.74) is 0. The van der Waals surface area contributed by atoms with Crippen LogP contribution in [0.3, 0.4) is 0 Å². The van der Waals surface area contributed by atoms with Crippen LogP contribution in [0.15, 0.2) is 12.2 Å². The molecule has 0 aromatic carbocycles. The SMILES string of the molecule is CCCCCCCCCCCCC/C=C/CCCOC[C@@H](O)[C@@H]1OC[C@H](O)[C@@H]1O. The highest BCUT2D eigenvalue weighted by atomic mass is 16.5. The van der Waals surface area contributed by atoms with Gasteiger partial charge in [0.2, 0.25) is 0 Å². The van der Waals surface area contributed by atoms with Crippen molar-refractivity contribution in [3.63, 3.8) is 0 Å². The van der Waals surface area contributed by atoms with Gasteiger partial charge in [-0.3, -0.25) is 0 Å². The van der Waals surface area contributed by atoms with Gasteiger partial charge in [-0.05, 0) is 25.7 Å². The number of aliphatic hydroxyl groups is 3. The van der Waals surface area contributed by atoms with Crippen molar-refractivity contribution in [2.75, 3.05) is 19.8 Å². The Balaban J connectivity index is 1.80. The molecule has 4 atom stereocenters. The molecule has 5 nitrogen and oxygen atoms in total. The number of rotatable bonds is 19. The van der Waals surface area contributed by atoms with E-state index in [2.05, 4.69) is 19.1 Å². The first kappa shape index (κ1) is 26.6. The molecule has 29 heavy (non-hydrogen) atoms. The van der Waals surface area contributed by atoms with E-state index in [0.29, 0.717) is 6.61 Å². The monoisotopic (exact) mass is 414 g/mol. The highest BCUT2D eigenvalue weighted by molar-refractivity contribution is 4.87. The smallest absolute Gasteiger partial charge is 0.114 e. The van der Waals surface area contributed by atoms with Crippen molar-refractivity contribution in [1.82, 2.24) is 0 Å². The summed E-state index contributed by atoms with van der Waals surface area (Å²) in [5.74, 6) is 0. The summed E-state index contributed by atoms with van der Waals surface area (Å²) in [5, 5.41) is 29.0. The van der Waals surface area contributed by atoms with Crippen molar-refractivity contribution < 1.29 is 24.8 Å². The number of allylic oxidation sites excluding steroid dienone is 2. The van der Waals surface area contributed by atoms with Gasteiger partial charge in [0.25, 0.3) is 0 Å². The van der Waals surface area contributed by atoms with Gasteiger partial charge in [0.15, 0.2) is 0 Å². The molecule has 0 spiro atoms. The van der Waals surface area contributed by atoms with E-state index in [4.69, 9.17) is 9.47 Å². The second-order valence-electron chi connectivity index (χ2n) is 8.44. The predicted molar refractivity (Wildman–Crippen MR) is 118 cm³/mol. The van der Waals surface area contributed by atoms with Crippen molar-refractivity contribution in [3.8, 4) is 0 Å². The zero-order chi connectivity index (χ0) is 21.2. The van der Waals surface area contributed by atoms with Crippen LogP contribution in [-0.4, -0.2) is 59.6 Å². The van der Waals surface area contributed by atoms with Gasteiger partial charge < -0.3 is 24.8 Å². The molecule has 0 aromatic heterocycles. The summed E-state index contributed by atoms with van der Waals surface area (Å²) in [6.07, 6.45) is 19.1. The Bertz CT molecular complexity index is 387. The molecular weight excluding hydrogens is 368 g/mol. The fourth-order valence-electron chi connectivity index (χ4n) is 3.73. The average molecular weight is 415 g/mol. The Morgan fingerprint density at radius 2 is 1.41 bits per heavy atom. The third-order valence-electron chi connectivity index (χ3n) is 5.66. The van der Waals surface area contributed by atoms with Gasteiger partial charge >= 0.3 is 0 Å². The molecule has 0 radical (unpaired) electrons. The minimum Gasteiger partial charge on any atom is -0.388 e. The normalized spacial score (nSPS) is 23.2. The van der Waals surface area contributed by atoms with E-state index in [1.165, 1.54) is 70.6 Å². The first-order valence-corrected chi connectivity index (χ1v) is 12.0. The zero-order valence-corrected chi connectivity index (χ0v) is 18.6. The zero-order valence-electron chi connectivity index (χ0n) is 18.6. The molecule has 1 rings (SSSR count). The third kappa shape index (κ3) is 13.5. The fourth-order valence-corrected chi connectivity index (χ4v) is 3.73. The van der Waals surface area contributed by atoms with Crippen LogP contribution in [0.4, 0.5) is 0 Å². The number of ether oxygens (including phenoxy) is 2. The lowest BCUT2D eigenvalue weighted by Crippen LogP contribution is -2.40. The summed E-state index contributed by atoms with van der Waals surface area (Å²) in [6, 6.07) is 0. The van der Waals surface area contributed by atoms with Crippen LogP contribution in [0.1, 0.15) is 96.8 Å². The molecule has 0 aromatic rings. The molecule has 5 heteroatoms. The molecule has 0 aliphatic carbocycles. The van der Waals surface area contributed by atoms with Crippen LogP contribution in [0.25, 0.3) is 0 Å². The maximum Gasteiger partial charge on any atom is 0.114 e. The summed E-state index contributed by atoms with van der Waals surface area (Å²) < 4.78 is 10.6. The highest BCUT2D eigenvalue weighted by Crippen LogP contribution is 2.18. The van der Waals surface area contributed by atoms with Gasteiger partial charge in [-0.15, -0.1) is 0 Å². The van der Waals surface area contributed by atoms with E-state index in [1.807, 2.05) is 0 Å². The standard InChI is InChI=1S/C24H46O5/c1-2-3-4-5-6-7-8-9-10-11-12-13-14-15-16-17-18-28-19-22(26)24-23(27)21(25)20-29-24/h14-15,21-27H,2-13,16-20H2,1H3/b15-14+/t21-,22+,23-,24-/m0/s1. The number of hydrogen-bond donors (Lipinski definition) is 3. The molecule has 0 saturated carbocycles.